The van der Waals surface area contributed by atoms with Gasteiger partial charge in [0.25, 0.3) is 5.69 Å². The summed E-state index contributed by atoms with van der Waals surface area (Å²) in [5.74, 6) is 4.27. The fourth-order valence-corrected chi connectivity index (χ4v) is 1.62. The van der Waals surface area contributed by atoms with Gasteiger partial charge >= 0.3 is 5.97 Å². The predicted molar refractivity (Wildman–Crippen MR) is 73.7 cm³/mol. The predicted octanol–water partition coefficient (Wildman–Crippen LogP) is 1.70. The zero-order valence-corrected chi connectivity index (χ0v) is 11.1. The fraction of sp³-hybridized carbons (Fsp3) is 0.143. The highest BCUT2D eigenvalue weighted by Crippen LogP contribution is 2.21. The maximum Gasteiger partial charge on any atom is 0.384 e. The summed E-state index contributed by atoms with van der Waals surface area (Å²) in [5.41, 5.74) is 0.721. The van der Waals surface area contributed by atoms with Crippen LogP contribution in [-0.2, 0) is 9.53 Å². The second-order valence-corrected chi connectivity index (χ2v) is 3.89. The minimum Gasteiger partial charge on any atom is -0.456 e. The van der Waals surface area contributed by atoms with E-state index < -0.39 is 10.9 Å². The molecular formula is C14H11N3O4. The van der Waals surface area contributed by atoms with Crippen molar-refractivity contribution >= 4 is 11.7 Å². The average Bonchev–Trinajstić information content (AvgIpc) is 2.94. The molecule has 0 bridgehead atoms. The first-order chi connectivity index (χ1) is 10.1. The van der Waals surface area contributed by atoms with Crippen LogP contribution in [0.1, 0.15) is 12.5 Å². The van der Waals surface area contributed by atoms with Crippen molar-refractivity contribution in [3.8, 4) is 17.5 Å². The molecule has 0 aliphatic carbocycles. The van der Waals surface area contributed by atoms with Gasteiger partial charge in [0, 0.05) is 18.2 Å². The Morgan fingerprint density at radius 2 is 2.24 bits per heavy atom. The van der Waals surface area contributed by atoms with E-state index in [0.717, 1.165) is 0 Å². The van der Waals surface area contributed by atoms with Gasteiger partial charge in [-0.05, 0) is 13.0 Å². The van der Waals surface area contributed by atoms with Crippen molar-refractivity contribution in [1.29, 1.82) is 0 Å². The highest BCUT2D eigenvalue weighted by molar-refractivity contribution is 5.89. The number of nitrogens with zero attached hydrogens (tertiary/aromatic N) is 3. The maximum absolute atomic E-state index is 11.1. The lowest BCUT2D eigenvalue weighted by Crippen LogP contribution is -2.00. The van der Waals surface area contributed by atoms with Gasteiger partial charge in [-0.25, -0.2) is 9.48 Å². The number of ether oxygens (including phenoxy) is 1. The van der Waals surface area contributed by atoms with E-state index in [1.54, 1.807) is 25.1 Å². The molecule has 0 atom stereocenters. The Kier molecular flexibility index (Phi) is 4.31. The molecule has 7 heteroatoms. The Hall–Kier alpha value is -3.14. The summed E-state index contributed by atoms with van der Waals surface area (Å²) < 4.78 is 6.02. The zero-order valence-electron chi connectivity index (χ0n) is 11.1. The summed E-state index contributed by atoms with van der Waals surface area (Å²) in [7, 11) is 0. The number of esters is 1. The molecule has 7 nitrogen and oxygen atoms in total. The van der Waals surface area contributed by atoms with E-state index >= 15 is 0 Å². The minimum absolute atomic E-state index is 0.0644. The van der Waals surface area contributed by atoms with Crippen molar-refractivity contribution < 1.29 is 14.5 Å². The number of carbonyl (C=O) groups is 1. The molecule has 0 aliphatic heterocycles. The molecule has 1 aromatic carbocycles. The molecule has 1 heterocycles. The van der Waals surface area contributed by atoms with Gasteiger partial charge in [-0.15, -0.1) is 0 Å². The Morgan fingerprint density at radius 3 is 2.95 bits per heavy atom. The molecule has 0 aliphatic rings. The lowest BCUT2D eigenvalue weighted by Gasteiger charge is -2.01. The number of rotatable bonds is 3. The Balaban J connectivity index is 2.29. The van der Waals surface area contributed by atoms with Crippen LogP contribution < -0.4 is 0 Å². The summed E-state index contributed by atoms with van der Waals surface area (Å²) in [4.78, 5) is 21.6. The largest absolute Gasteiger partial charge is 0.456 e. The van der Waals surface area contributed by atoms with E-state index in [1.807, 2.05) is 0 Å². The monoisotopic (exact) mass is 285 g/mol. The molecular weight excluding hydrogens is 274 g/mol. The van der Waals surface area contributed by atoms with Crippen LogP contribution in [0.4, 0.5) is 5.69 Å². The van der Waals surface area contributed by atoms with Crippen molar-refractivity contribution in [1.82, 2.24) is 9.78 Å². The van der Waals surface area contributed by atoms with Crippen LogP contribution in [0.5, 0.6) is 0 Å². The van der Waals surface area contributed by atoms with E-state index in [4.69, 9.17) is 0 Å². The van der Waals surface area contributed by atoms with E-state index in [9.17, 15) is 14.9 Å². The first-order valence-corrected chi connectivity index (χ1v) is 6.09. The van der Waals surface area contributed by atoms with Crippen LogP contribution in [0, 0.1) is 22.0 Å². The zero-order chi connectivity index (χ0) is 15.2. The third kappa shape index (κ3) is 3.45. The second kappa shape index (κ2) is 6.34. The molecule has 0 saturated heterocycles. The number of para-hydroxylation sites is 2. The minimum atomic E-state index is -0.629. The van der Waals surface area contributed by atoms with E-state index in [2.05, 4.69) is 21.7 Å². The van der Waals surface area contributed by atoms with Gasteiger partial charge < -0.3 is 4.74 Å². The molecule has 0 unspecified atom stereocenters. The van der Waals surface area contributed by atoms with Gasteiger partial charge in [0.2, 0.25) is 0 Å². The summed E-state index contributed by atoms with van der Waals surface area (Å²) in [6, 6.07) is 6.22. The highest BCUT2D eigenvalue weighted by Gasteiger charge is 2.14. The van der Waals surface area contributed by atoms with Gasteiger partial charge in [0.1, 0.15) is 5.69 Å². The molecule has 0 fully saturated rings. The lowest BCUT2D eigenvalue weighted by molar-refractivity contribution is -0.384. The normalized spacial score (nSPS) is 9.57. The first kappa shape index (κ1) is 14.3. The Bertz CT molecular complexity index is 740. The number of hydrogen-bond donors (Lipinski definition) is 0. The van der Waals surface area contributed by atoms with Crippen LogP contribution in [0.3, 0.4) is 0 Å². The molecule has 2 aromatic rings. The first-order valence-electron chi connectivity index (χ1n) is 6.09. The van der Waals surface area contributed by atoms with Gasteiger partial charge in [-0.1, -0.05) is 18.1 Å². The van der Waals surface area contributed by atoms with E-state index in [-0.39, 0.29) is 12.3 Å². The number of carbonyl (C=O) groups excluding carboxylic acids is 1. The summed E-state index contributed by atoms with van der Waals surface area (Å²) in [5, 5.41) is 15.0. The van der Waals surface area contributed by atoms with Crippen molar-refractivity contribution in [3.05, 3.63) is 52.3 Å². The second-order valence-electron chi connectivity index (χ2n) is 3.89. The van der Waals surface area contributed by atoms with Crippen molar-refractivity contribution in [2.75, 3.05) is 6.61 Å². The van der Waals surface area contributed by atoms with Crippen LogP contribution in [0.25, 0.3) is 5.69 Å². The number of hydrogen-bond acceptors (Lipinski definition) is 5. The molecule has 0 spiro atoms. The smallest absolute Gasteiger partial charge is 0.384 e. The van der Waals surface area contributed by atoms with Crippen molar-refractivity contribution in [3.63, 3.8) is 0 Å². The van der Waals surface area contributed by atoms with Crippen molar-refractivity contribution in [2.24, 2.45) is 0 Å². The van der Waals surface area contributed by atoms with Gasteiger partial charge in [-0.2, -0.15) is 5.10 Å². The number of aromatic nitrogens is 2. The van der Waals surface area contributed by atoms with Crippen molar-refractivity contribution in [2.45, 2.75) is 6.92 Å². The standard InChI is InChI=1S/C14H11N3O4/c1-2-21-14(18)8-7-11-9-15-16(10-11)12-5-3-4-6-13(12)17(19)20/h3-6,9-10H,2H2,1H3. The molecule has 2 rings (SSSR count). The van der Waals surface area contributed by atoms with Gasteiger partial charge in [0.05, 0.1) is 23.3 Å². The average molecular weight is 285 g/mol. The maximum atomic E-state index is 11.1. The molecule has 1 aromatic heterocycles. The summed E-state index contributed by atoms with van der Waals surface area (Å²) >= 11 is 0. The van der Waals surface area contributed by atoms with E-state index in [1.165, 1.54) is 23.1 Å². The Morgan fingerprint density at radius 1 is 1.48 bits per heavy atom. The summed E-state index contributed by atoms with van der Waals surface area (Å²) in [6.07, 6.45) is 2.93. The third-order valence-electron chi connectivity index (χ3n) is 2.49. The van der Waals surface area contributed by atoms with Crippen LogP contribution in [-0.4, -0.2) is 27.3 Å². The Labute approximate surface area is 120 Å². The summed E-state index contributed by atoms with van der Waals surface area (Å²) in [6.45, 7) is 1.94. The van der Waals surface area contributed by atoms with Crippen LogP contribution in [0.15, 0.2) is 36.7 Å². The molecule has 0 amide bonds. The fourth-order valence-electron chi connectivity index (χ4n) is 1.62. The molecule has 21 heavy (non-hydrogen) atoms. The molecule has 0 saturated carbocycles. The quantitative estimate of drug-likeness (QED) is 0.370. The molecule has 106 valence electrons. The number of nitro groups is 1. The van der Waals surface area contributed by atoms with E-state index in [0.29, 0.717) is 11.3 Å². The van der Waals surface area contributed by atoms with Crippen LogP contribution >= 0.6 is 0 Å². The topological polar surface area (TPSA) is 87.3 Å². The number of nitro benzene ring substituents is 1. The lowest BCUT2D eigenvalue weighted by atomic mass is 10.2. The SMILES string of the molecule is CCOC(=O)C#Cc1cnn(-c2ccccc2[N+](=O)[O-])c1. The highest BCUT2D eigenvalue weighted by atomic mass is 16.6. The van der Waals surface area contributed by atoms with Crippen LogP contribution in [0.2, 0.25) is 0 Å². The molecule has 0 radical (unpaired) electrons. The van der Waals surface area contributed by atoms with Gasteiger partial charge in [0.15, 0.2) is 0 Å². The molecule has 0 N–H and O–H groups in total. The third-order valence-corrected chi connectivity index (χ3v) is 2.49. The van der Waals surface area contributed by atoms with Gasteiger partial charge in [-0.3, -0.25) is 10.1 Å². The number of benzene rings is 1.